The summed E-state index contributed by atoms with van der Waals surface area (Å²) in [6, 6.07) is 12.0. The van der Waals surface area contributed by atoms with Crippen molar-refractivity contribution in [1.82, 2.24) is 9.80 Å². The lowest BCUT2D eigenvalue weighted by molar-refractivity contribution is -0.123. The van der Waals surface area contributed by atoms with E-state index < -0.39 is 18.6 Å². The number of esters is 1. The molecule has 10 heteroatoms. The minimum absolute atomic E-state index is 0.0940. The predicted octanol–water partition coefficient (Wildman–Crippen LogP) is 0.977. The molecule has 2 saturated heterocycles. The fourth-order valence-electron chi connectivity index (χ4n) is 4.45. The number of hydrogen-bond donors (Lipinski definition) is 1. The summed E-state index contributed by atoms with van der Waals surface area (Å²) in [7, 11) is 1.50. The SMILES string of the molecule is COc1cccc(C(=O)COC(=O)c2ccc(N3C(=O)CC(N4CCN(CCO)CC4)C3=O)cc2)c1. The summed E-state index contributed by atoms with van der Waals surface area (Å²) < 4.78 is 10.2. The molecule has 2 fully saturated rings. The summed E-state index contributed by atoms with van der Waals surface area (Å²) in [5, 5.41) is 9.10. The maximum atomic E-state index is 13.1. The molecule has 4 rings (SSSR count). The fourth-order valence-corrected chi connectivity index (χ4v) is 4.45. The van der Waals surface area contributed by atoms with Gasteiger partial charge >= 0.3 is 5.97 Å². The molecule has 0 aliphatic carbocycles. The molecule has 2 aliphatic rings. The number of anilines is 1. The lowest BCUT2D eigenvalue weighted by atomic mass is 10.1. The molecule has 2 aromatic carbocycles. The number of piperazine rings is 1. The van der Waals surface area contributed by atoms with Gasteiger partial charge in [-0.1, -0.05) is 12.1 Å². The van der Waals surface area contributed by atoms with Crippen LogP contribution in [-0.2, 0) is 14.3 Å². The third kappa shape index (κ3) is 5.62. The normalized spacial score (nSPS) is 18.9. The van der Waals surface area contributed by atoms with Crippen LogP contribution in [-0.4, -0.2) is 97.6 Å². The highest BCUT2D eigenvalue weighted by atomic mass is 16.5. The van der Waals surface area contributed by atoms with Gasteiger partial charge in [0.1, 0.15) is 5.75 Å². The number of imide groups is 1. The number of Topliss-reactive ketones (excluding diaryl/α,β-unsaturated/α-hetero) is 1. The summed E-state index contributed by atoms with van der Waals surface area (Å²) in [6.45, 7) is 3.03. The molecule has 0 aromatic heterocycles. The van der Waals surface area contributed by atoms with Gasteiger partial charge in [-0.2, -0.15) is 0 Å². The minimum atomic E-state index is -0.685. The van der Waals surface area contributed by atoms with Crippen LogP contribution in [0.25, 0.3) is 0 Å². The van der Waals surface area contributed by atoms with Crippen molar-refractivity contribution in [2.24, 2.45) is 0 Å². The highest BCUT2D eigenvalue weighted by Gasteiger charge is 2.43. The number of benzene rings is 2. The van der Waals surface area contributed by atoms with Crippen LogP contribution in [0.4, 0.5) is 5.69 Å². The van der Waals surface area contributed by atoms with E-state index in [0.717, 1.165) is 18.0 Å². The third-order valence-electron chi connectivity index (χ3n) is 6.47. The molecule has 0 spiro atoms. The van der Waals surface area contributed by atoms with Crippen molar-refractivity contribution in [3.8, 4) is 5.75 Å². The Balaban J connectivity index is 1.34. The number of nitrogens with zero attached hydrogens (tertiary/aromatic N) is 3. The van der Waals surface area contributed by atoms with Crippen LogP contribution in [0.1, 0.15) is 27.1 Å². The van der Waals surface area contributed by atoms with Crippen molar-refractivity contribution in [2.75, 3.05) is 57.9 Å². The quantitative estimate of drug-likeness (QED) is 0.309. The van der Waals surface area contributed by atoms with Gasteiger partial charge in [0, 0.05) is 38.3 Å². The molecule has 2 amide bonds. The van der Waals surface area contributed by atoms with Crippen LogP contribution in [0, 0.1) is 0 Å². The van der Waals surface area contributed by atoms with Crippen LogP contribution in [0.2, 0.25) is 0 Å². The van der Waals surface area contributed by atoms with E-state index in [1.165, 1.54) is 31.4 Å². The van der Waals surface area contributed by atoms with Crippen LogP contribution < -0.4 is 9.64 Å². The first-order chi connectivity index (χ1) is 17.4. The Kier molecular flexibility index (Phi) is 8.09. The lowest BCUT2D eigenvalue weighted by Crippen LogP contribution is -2.52. The Labute approximate surface area is 209 Å². The lowest BCUT2D eigenvalue weighted by Gasteiger charge is -2.36. The van der Waals surface area contributed by atoms with Gasteiger partial charge in [0.05, 0.1) is 37.4 Å². The molecule has 36 heavy (non-hydrogen) atoms. The second kappa shape index (κ2) is 11.4. The third-order valence-corrected chi connectivity index (χ3v) is 6.47. The average molecular weight is 496 g/mol. The first kappa shape index (κ1) is 25.5. The number of carbonyl (C=O) groups is 4. The number of aliphatic hydroxyl groups is 1. The van der Waals surface area contributed by atoms with Crippen LogP contribution >= 0.6 is 0 Å². The fraction of sp³-hybridized carbons (Fsp3) is 0.385. The second-order valence-corrected chi connectivity index (χ2v) is 8.67. The van der Waals surface area contributed by atoms with Gasteiger partial charge in [-0.05, 0) is 36.4 Å². The zero-order valence-electron chi connectivity index (χ0n) is 20.1. The van der Waals surface area contributed by atoms with E-state index in [1.807, 2.05) is 4.90 Å². The summed E-state index contributed by atoms with van der Waals surface area (Å²) in [6.07, 6.45) is 0.106. The summed E-state index contributed by atoms with van der Waals surface area (Å²) in [5.74, 6) is -1.09. The summed E-state index contributed by atoms with van der Waals surface area (Å²) in [4.78, 5) is 55.8. The molecule has 10 nitrogen and oxygen atoms in total. The van der Waals surface area contributed by atoms with Crippen molar-refractivity contribution in [3.05, 3.63) is 59.7 Å². The molecule has 1 unspecified atom stereocenters. The zero-order valence-corrected chi connectivity index (χ0v) is 20.1. The first-order valence-corrected chi connectivity index (χ1v) is 11.8. The van der Waals surface area contributed by atoms with Gasteiger partial charge < -0.3 is 14.6 Å². The maximum absolute atomic E-state index is 13.1. The highest BCUT2D eigenvalue weighted by Crippen LogP contribution is 2.27. The van der Waals surface area contributed by atoms with E-state index in [1.54, 1.807) is 24.3 Å². The highest BCUT2D eigenvalue weighted by molar-refractivity contribution is 6.22. The molecular weight excluding hydrogens is 466 g/mol. The number of aliphatic hydroxyl groups excluding tert-OH is 1. The van der Waals surface area contributed by atoms with E-state index in [9.17, 15) is 19.2 Å². The van der Waals surface area contributed by atoms with E-state index in [-0.39, 0.29) is 36.2 Å². The average Bonchev–Trinajstić information content (AvgIpc) is 3.21. The van der Waals surface area contributed by atoms with E-state index >= 15 is 0 Å². The van der Waals surface area contributed by atoms with Crippen LogP contribution in [0.3, 0.4) is 0 Å². The summed E-state index contributed by atoms with van der Waals surface area (Å²) in [5.41, 5.74) is 0.955. The van der Waals surface area contributed by atoms with E-state index in [4.69, 9.17) is 14.6 Å². The van der Waals surface area contributed by atoms with Crippen molar-refractivity contribution in [3.63, 3.8) is 0 Å². The van der Waals surface area contributed by atoms with Gasteiger partial charge in [-0.3, -0.25) is 24.2 Å². The molecule has 2 aliphatic heterocycles. The zero-order chi connectivity index (χ0) is 25.7. The van der Waals surface area contributed by atoms with Crippen molar-refractivity contribution in [2.45, 2.75) is 12.5 Å². The summed E-state index contributed by atoms with van der Waals surface area (Å²) >= 11 is 0. The Hall–Kier alpha value is -3.60. The molecule has 0 radical (unpaired) electrons. The van der Waals surface area contributed by atoms with Gasteiger partial charge in [0.15, 0.2) is 12.4 Å². The minimum Gasteiger partial charge on any atom is -0.497 e. The van der Waals surface area contributed by atoms with Crippen LogP contribution in [0.5, 0.6) is 5.75 Å². The topological polar surface area (TPSA) is 117 Å². The number of methoxy groups -OCH3 is 1. The van der Waals surface area contributed by atoms with Gasteiger partial charge in [0.2, 0.25) is 5.91 Å². The predicted molar refractivity (Wildman–Crippen MR) is 130 cm³/mol. The molecule has 1 N–H and O–H groups in total. The van der Waals surface area contributed by atoms with Crippen molar-refractivity contribution < 1.29 is 33.8 Å². The number of ketones is 1. The van der Waals surface area contributed by atoms with Gasteiger partial charge in [-0.15, -0.1) is 0 Å². The number of carbonyl (C=O) groups excluding carboxylic acids is 4. The van der Waals surface area contributed by atoms with Gasteiger partial charge in [0.25, 0.3) is 5.91 Å². The number of amides is 2. The van der Waals surface area contributed by atoms with Crippen LogP contribution in [0.15, 0.2) is 48.5 Å². The number of hydrogen-bond acceptors (Lipinski definition) is 9. The standard InChI is InChI=1S/C26H29N3O7/c1-35-21-4-2-3-19(15-21)23(31)17-36-26(34)18-5-7-20(8-6-18)29-24(32)16-22(25(29)33)28-11-9-27(10-12-28)13-14-30/h2-8,15,22,30H,9-14,16-17H2,1H3. The number of ether oxygens (including phenoxy) is 2. The van der Waals surface area contributed by atoms with Crippen molar-refractivity contribution in [1.29, 1.82) is 0 Å². The Morgan fingerprint density at radius 2 is 1.72 bits per heavy atom. The smallest absolute Gasteiger partial charge is 0.338 e. The largest absolute Gasteiger partial charge is 0.497 e. The number of β-amino-alcohol motifs (C(OH)–C–C–N with tert-alkyl or cyclic N) is 1. The molecule has 1 atom stereocenters. The Morgan fingerprint density at radius 3 is 2.39 bits per heavy atom. The maximum Gasteiger partial charge on any atom is 0.338 e. The Morgan fingerprint density at radius 1 is 1.00 bits per heavy atom. The molecule has 0 bridgehead atoms. The Bertz CT molecular complexity index is 1130. The first-order valence-electron chi connectivity index (χ1n) is 11.8. The molecule has 0 saturated carbocycles. The van der Waals surface area contributed by atoms with Crippen molar-refractivity contribution >= 4 is 29.3 Å². The molecule has 2 heterocycles. The molecule has 190 valence electrons. The van der Waals surface area contributed by atoms with E-state index in [2.05, 4.69) is 4.90 Å². The monoisotopic (exact) mass is 495 g/mol. The molecule has 2 aromatic rings. The number of rotatable bonds is 9. The molecular formula is C26H29N3O7. The van der Waals surface area contributed by atoms with Gasteiger partial charge in [-0.25, -0.2) is 9.69 Å². The van der Waals surface area contributed by atoms with E-state index in [0.29, 0.717) is 36.6 Å². The second-order valence-electron chi connectivity index (χ2n) is 8.67.